The second-order valence-corrected chi connectivity index (χ2v) is 5.90. The second kappa shape index (κ2) is 7.30. The zero-order valence-electron chi connectivity index (χ0n) is 10.7. The van der Waals surface area contributed by atoms with Gasteiger partial charge in [-0.15, -0.1) is 0 Å². The molecule has 1 unspecified atom stereocenters. The number of nitrogens with one attached hydrogen (secondary N) is 1. The van der Waals surface area contributed by atoms with Crippen LogP contribution in [0, 0.1) is 0 Å². The van der Waals surface area contributed by atoms with E-state index in [4.69, 9.17) is 40.6 Å². The van der Waals surface area contributed by atoms with Crippen LogP contribution in [0.5, 0.6) is 0 Å². The van der Waals surface area contributed by atoms with Crippen molar-refractivity contribution < 1.29 is 0 Å². The van der Waals surface area contributed by atoms with Crippen molar-refractivity contribution in [1.29, 1.82) is 0 Å². The molecule has 0 saturated heterocycles. The van der Waals surface area contributed by atoms with Gasteiger partial charge in [0.05, 0.1) is 10.0 Å². The molecule has 2 aromatic rings. The number of halogens is 3. The van der Waals surface area contributed by atoms with E-state index < -0.39 is 0 Å². The maximum Gasteiger partial charge on any atom is 0.0595 e. The minimum absolute atomic E-state index is 0.119. The van der Waals surface area contributed by atoms with Gasteiger partial charge in [-0.3, -0.25) is 11.3 Å². The van der Waals surface area contributed by atoms with Crippen LogP contribution in [0.3, 0.4) is 0 Å². The standard InChI is InChI=1S/C15H15Cl3N2/c16-12-4-1-10(2-5-12)7-13(20-19)8-11-3-6-14(17)15(18)9-11/h1-6,9,13,20H,7-8,19H2. The smallest absolute Gasteiger partial charge is 0.0595 e. The van der Waals surface area contributed by atoms with Crippen molar-refractivity contribution in [3.8, 4) is 0 Å². The summed E-state index contributed by atoms with van der Waals surface area (Å²) in [5.74, 6) is 5.63. The van der Waals surface area contributed by atoms with Gasteiger partial charge in [0, 0.05) is 11.1 Å². The van der Waals surface area contributed by atoms with Crippen LogP contribution >= 0.6 is 34.8 Å². The first-order valence-electron chi connectivity index (χ1n) is 6.23. The summed E-state index contributed by atoms with van der Waals surface area (Å²) in [5, 5.41) is 1.85. The van der Waals surface area contributed by atoms with Gasteiger partial charge in [0.2, 0.25) is 0 Å². The Balaban J connectivity index is 2.04. The molecule has 0 spiro atoms. The fourth-order valence-electron chi connectivity index (χ4n) is 2.05. The Morgan fingerprint density at radius 2 is 1.45 bits per heavy atom. The SMILES string of the molecule is NNC(Cc1ccc(Cl)cc1)Cc1ccc(Cl)c(Cl)c1. The molecule has 0 bridgehead atoms. The topological polar surface area (TPSA) is 38.0 Å². The lowest BCUT2D eigenvalue weighted by atomic mass is 9.99. The molecule has 5 heteroatoms. The lowest BCUT2D eigenvalue weighted by molar-refractivity contribution is 0.522. The number of rotatable bonds is 5. The van der Waals surface area contributed by atoms with Crippen LogP contribution in [-0.2, 0) is 12.8 Å². The zero-order valence-corrected chi connectivity index (χ0v) is 13.0. The number of benzene rings is 2. The van der Waals surface area contributed by atoms with Gasteiger partial charge in [-0.2, -0.15) is 0 Å². The molecule has 0 heterocycles. The Hall–Kier alpha value is -0.770. The molecule has 0 aliphatic rings. The van der Waals surface area contributed by atoms with E-state index in [1.165, 1.54) is 5.56 Å². The summed E-state index contributed by atoms with van der Waals surface area (Å²) in [4.78, 5) is 0. The molecule has 0 aromatic heterocycles. The van der Waals surface area contributed by atoms with Gasteiger partial charge in [-0.25, -0.2) is 0 Å². The Labute approximate surface area is 133 Å². The van der Waals surface area contributed by atoms with Gasteiger partial charge in [0.15, 0.2) is 0 Å². The first kappa shape index (κ1) is 15.6. The maximum absolute atomic E-state index is 6.02. The second-order valence-electron chi connectivity index (χ2n) is 4.65. The van der Waals surface area contributed by atoms with E-state index in [2.05, 4.69) is 5.43 Å². The summed E-state index contributed by atoms with van der Waals surface area (Å²) in [5.41, 5.74) is 5.11. The Bertz CT molecular complexity index is 570. The molecule has 20 heavy (non-hydrogen) atoms. The van der Waals surface area contributed by atoms with E-state index >= 15 is 0 Å². The quantitative estimate of drug-likeness (QED) is 0.635. The average Bonchev–Trinajstić information content (AvgIpc) is 2.44. The van der Waals surface area contributed by atoms with Gasteiger partial charge >= 0.3 is 0 Å². The maximum atomic E-state index is 6.02. The Morgan fingerprint density at radius 3 is 2.05 bits per heavy atom. The zero-order chi connectivity index (χ0) is 14.5. The Morgan fingerprint density at radius 1 is 0.850 bits per heavy atom. The van der Waals surface area contributed by atoms with Crippen LogP contribution in [0.2, 0.25) is 15.1 Å². The molecule has 0 radical (unpaired) electrons. The first-order valence-corrected chi connectivity index (χ1v) is 7.36. The number of hydrogen-bond acceptors (Lipinski definition) is 2. The highest BCUT2D eigenvalue weighted by Gasteiger charge is 2.10. The third-order valence-corrected chi connectivity index (χ3v) is 4.09. The van der Waals surface area contributed by atoms with Gasteiger partial charge in [0.1, 0.15) is 0 Å². The van der Waals surface area contributed by atoms with Crippen LogP contribution in [0.4, 0.5) is 0 Å². The molecule has 2 rings (SSSR count). The molecule has 106 valence electrons. The van der Waals surface area contributed by atoms with Crippen LogP contribution < -0.4 is 11.3 Å². The molecular formula is C15H15Cl3N2. The summed E-state index contributed by atoms with van der Waals surface area (Å²) < 4.78 is 0. The minimum atomic E-state index is 0.119. The van der Waals surface area contributed by atoms with E-state index in [9.17, 15) is 0 Å². The fourth-order valence-corrected chi connectivity index (χ4v) is 2.49. The molecule has 0 fully saturated rings. The van der Waals surface area contributed by atoms with E-state index in [1.54, 1.807) is 6.07 Å². The molecule has 0 aliphatic carbocycles. The first-order chi connectivity index (χ1) is 9.58. The molecule has 0 saturated carbocycles. The van der Waals surface area contributed by atoms with Gasteiger partial charge < -0.3 is 0 Å². The van der Waals surface area contributed by atoms with Crippen molar-refractivity contribution in [3.05, 3.63) is 68.7 Å². The lowest BCUT2D eigenvalue weighted by Gasteiger charge is -2.16. The van der Waals surface area contributed by atoms with Crippen LogP contribution in [0.25, 0.3) is 0 Å². The summed E-state index contributed by atoms with van der Waals surface area (Å²) >= 11 is 17.8. The molecule has 3 N–H and O–H groups in total. The predicted octanol–water partition coefficient (Wildman–Crippen LogP) is 4.26. The van der Waals surface area contributed by atoms with Gasteiger partial charge in [-0.1, -0.05) is 53.0 Å². The number of hydrogen-bond donors (Lipinski definition) is 2. The summed E-state index contributed by atoms with van der Waals surface area (Å²) in [7, 11) is 0. The van der Waals surface area contributed by atoms with Crippen molar-refractivity contribution in [2.24, 2.45) is 5.84 Å². The molecular weight excluding hydrogens is 315 g/mol. The summed E-state index contributed by atoms with van der Waals surface area (Å²) in [6.07, 6.45) is 1.59. The van der Waals surface area contributed by atoms with Crippen molar-refractivity contribution >= 4 is 34.8 Å². The summed E-state index contributed by atoms with van der Waals surface area (Å²) in [6, 6.07) is 13.5. The van der Waals surface area contributed by atoms with Crippen LogP contribution in [0.1, 0.15) is 11.1 Å². The van der Waals surface area contributed by atoms with Crippen molar-refractivity contribution in [2.45, 2.75) is 18.9 Å². The van der Waals surface area contributed by atoms with Crippen LogP contribution in [-0.4, -0.2) is 6.04 Å². The van der Waals surface area contributed by atoms with Crippen molar-refractivity contribution in [3.63, 3.8) is 0 Å². The highest BCUT2D eigenvalue weighted by Crippen LogP contribution is 2.23. The normalized spacial score (nSPS) is 12.4. The molecule has 0 aliphatic heterocycles. The molecule has 2 aromatic carbocycles. The van der Waals surface area contributed by atoms with E-state index in [1.807, 2.05) is 36.4 Å². The average molecular weight is 330 g/mol. The van der Waals surface area contributed by atoms with E-state index in [0.29, 0.717) is 10.0 Å². The number of hydrazine groups is 1. The molecule has 1 atom stereocenters. The Kier molecular flexibility index (Phi) is 5.70. The fraction of sp³-hybridized carbons (Fsp3) is 0.200. The monoisotopic (exact) mass is 328 g/mol. The highest BCUT2D eigenvalue weighted by molar-refractivity contribution is 6.42. The third-order valence-electron chi connectivity index (χ3n) is 3.10. The van der Waals surface area contributed by atoms with E-state index in [-0.39, 0.29) is 6.04 Å². The highest BCUT2D eigenvalue weighted by atomic mass is 35.5. The van der Waals surface area contributed by atoms with Crippen molar-refractivity contribution in [2.75, 3.05) is 0 Å². The minimum Gasteiger partial charge on any atom is -0.271 e. The third kappa shape index (κ3) is 4.37. The predicted molar refractivity (Wildman–Crippen MR) is 86.4 cm³/mol. The largest absolute Gasteiger partial charge is 0.271 e. The van der Waals surface area contributed by atoms with E-state index in [0.717, 1.165) is 23.4 Å². The summed E-state index contributed by atoms with van der Waals surface area (Å²) in [6.45, 7) is 0. The van der Waals surface area contributed by atoms with Crippen molar-refractivity contribution in [1.82, 2.24) is 5.43 Å². The van der Waals surface area contributed by atoms with Gasteiger partial charge in [-0.05, 0) is 48.2 Å². The lowest BCUT2D eigenvalue weighted by Crippen LogP contribution is -2.38. The molecule has 0 amide bonds. The van der Waals surface area contributed by atoms with Gasteiger partial charge in [0.25, 0.3) is 0 Å². The number of nitrogens with two attached hydrogens (primary N) is 1. The molecule has 2 nitrogen and oxygen atoms in total. The van der Waals surface area contributed by atoms with Crippen LogP contribution in [0.15, 0.2) is 42.5 Å².